The van der Waals surface area contributed by atoms with Crippen LogP contribution in [0.5, 0.6) is 0 Å². The number of nitrogens with one attached hydrogen (secondary N) is 1. The molecule has 0 unspecified atom stereocenters. The van der Waals surface area contributed by atoms with E-state index in [9.17, 15) is 8.42 Å². The van der Waals surface area contributed by atoms with Crippen molar-refractivity contribution < 1.29 is 8.42 Å². The van der Waals surface area contributed by atoms with E-state index in [0.717, 1.165) is 5.39 Å². The zero-order valence-corrected chi connectivity index (χ0v) is 12.0. The number of sulfonamides is 1. The van der Waals surface area contributed by atoms with Crippen molar-refractivity contribution in [1.29, 1.82) is 0 Å². The van der Waals surface area contributed by atoms with E-state index < -0.39 is 10.0 Å². The molecule has 0 spiro atoms. The topological polar surface area (TPSA) is 84.8 Å². The second kappa shape index (κ2) is 5.10. The Morgan fingerprint density at radius 1 is 0.952 bits per heavy atom. The molecule has 7 heteroatoms. The molecule has 0 bridgehead atoms. The van der Waals surface area contributed by atoms with Crippen LogP contribution in [0, 0.1) is 6.92 Å². The molecule has 1 aromatic carbocycles. The van der Waals surface area contributed by atoms with Gasteiger partial charge in [-0.3, -0.25) is 14.7 Å². The van der Waals surface area contributed by atoms with Crippen LogP contribution in [0.4, 0.5) is 5.69 Å². The van der Waals surface area contributed by atoms with Crippen LogP contribution in [0.25, 0.3) is 10.9 Å². The lowest BCUT2D eigenvalue weighted by Crippen LogP contribution is -2.16. The molecule has 0 saturated carbocycles. The highest BCUT2D eigenvalue weighted by Crippen LogP contribution is 2.23. The lowest BCUT2D eigenvalue weighted by molar-refractivity contribution is 0.595. The summed E-state index contributed by atoms with van der Waals surface area (Å²) in [7, 11) is -3.80. The third kappa shape index (κ3) is 2.55. The molecule has 2 aromatic heterocycles. The number of pyridine rings is 1. The number of nitrogens with zero attached hydrogens (tertiary/aromatic N) is 3. The molecule has 0 aliphatic carbocycles. The van der Waals surface area contributed by atoms with Gasteiger partial charge in [0.1, 0.15) is 0 Å². The van der Waals surface area contributed by atoms with E-state index in [1.165, 1.54) is 12.4 Å². The van der Waals surface area contributed by atoms with E-state index in [1.54, 1.807) is 31.3 Å². The van der Waals surface area contributed by atoms with Gasteiger partial charge in [-0.2, -0.15) is 8.42 Å². The molecule has 0 atom stereocenters. The molecule has 3 aromatic rings. The number of aromatic nitrogens is 3. The summed E-state index contributed by atoms with van der Waals surface area (Å²) in [4.78, 5) is 12.1. The van der Waals surface area contributed by atoms with Gasteiger partial charge in [-0.25, -0.2) is 4.98 Å². The van der Waals surface area contributed by atoms with Crippen LogP contribution in [0.15, 0.2) is 53.9 Å². The summed E-state index contributed by atoms with van der Waals surface area (Å²) in [6, 6.07) is 8.97. The SMILES string of the molecule is Cc1nccnc1S(=O)(=O)Nc1cccc2cccnc12. The minimum absolute atomic E-state index is 0.0852. The summed E-state index contributed by atoms with van der Waals surface area (Å²) in [6.07, 6.45) is 4.42. The van der Waals surface area contributed by atoms with E-state index in [0.29, 0.717) is 16.9 Å². The Labute approximate surface area is 122 Å². The van der Waals surface area contributed by atoms with Gasteiger partial charge in [0.25, 0.3) is 10.0 Å². The molecule has 0 aliphatic heterocycles. The zero-order valence-electron chi connectivity index (χ0n) is 11.2. The number of fused-ring (bicyclic) bond motifs is 1. The molecular weight excluding hydrogens is 288 g/mol. The van der Waals surface area contributed by atoms with Crippen molar-refractivity contribution in [3.63, 3.8) is 0 Å². The third-order valence-electron chi connectivity index (χ3n) is 2.97. The van der Waals surface area contributed by atoms with Crippen LogP contribution in [0.3, 0.4) is 0 Å². The maximum atomic E-state index is 12.4. The fourth-order valence-electron chi connectivity index (χ4n) is 2.04. The van der Waals surface area contributed by atoms with Gasteiger partial charge < -0.3 is 0 Å². The standard InChI is InChI=1S/C14H12N4O2S/c1-10-14(17-9-8-15-10)21(19,20)18-12-6-2-4-11-5-3-7-16-13(11)12/h2-9,18H,1H3. The van der Waals surface area contributed by atoms with Crippen molar-refractivity contribution >= 4 is 26.6 Å². The van der Waals surface area contributed by atoms with E-state index in [1.807, 2.05) is 12.1 Å². The van der Waals surface area contributed by atoms with Crippen molar-refractivity contribution in [3.8, 4) is 0 Å². The zero-order chi connectivity index (χ0) is 14.9. The Morgan fingerprint density at radius 2 is 1.71 bits per heavy atom. The monoisotopic (exact) mass is 300 g/mol. The molecule has 1 N–H and O–H groups in total. The van der Waals surface area contributed by atoms with Gasteiger partial charge in [-0.15, -0.1) is 0 Å². The van der Waals surface area contributed by atoms with Crippen molar-refractivity contribution in [2.24, 2.45) is 0 Å². The molecule has 0 radical (unpaired) electrons. The number of benzene rings is 1. The fourth-order valence-corrected chi connectivity index (χ4v) is 3.23. The molecule has 21 heavy (non-hydrogen) atoms. The van der Waals surface area contributed by atoms with E-state index >= 15 is 0 Å². The highest BCUT2D eigenvalue weighted by Gasteiger charge is 2.20. The number of anilines is 1. The maximum absolute atomic E-state index is 12.4. The molecule has 2 heterocycles. The van der Waals surface area contributed by atoms with Gasteiger partial charge in [0.15, 0.2) is 5.03 Å². The summed E-state index contributed by atoms with van der Waals surface area (Å²) in [5.74, 6) is 0. The summed E-state index contributed by atoms with van der Waals surface area (Å²) < 4.78 is 27.4. The minimum atomic E-state index is -3.80. The van der Waals surface area contributed by atoms with E-state index in [4.69, 9.17) is 0 Å². The van der Waals surface area contributed by atoms with E-state index in [2.05, 4.69) is 19.7 Å². The number of aryl methyl sites for hydroxylation is 1. The molecule has 0 saturated heterocycles. The lowest BCUT2D eigenvalue weighted by atomic mass is 10.2. The van der Waals surface area contributed by atoms with Crippen LogP contribution in [0.2, 0.25) is 0 Å². The highest BCUT2D eigenvalue weighted by atomic mass is 32.2. The highest BCUT2D eigenvalue weighted by molar-refractivity contribution is 7.92. The van der Waals surface area contributed by atoms with Crippen LogP contribution in [-0.2, 0) is 10.0 Å². The van der Waals surface area contributed by atoms with Crippen molar-refractivity contribution in [2.45, 2.75) is 11.9 Å². The number of para-hydroxylation sites is 1. The van der Waals surface area contributed by atoms with Crippen molar-refractivity contribution in [3.05, 3.63) is 54.6 Å². The van der Waals surface area contributed by atoms with E-state index in [-0.39, 0.29) is 5.03 Å². The van der Waals surface area contributed by atoms with Gasteiger partial charge in [0.05, 0.1) is 16.9 Å². The van der Waals surface area contributed by atoms with Gasteiger partial charge in [-0.1, -0.05) is 18.2 Å². The van der Waals surface area contributed by atoms with Gasteiger partial charge >= 0.3 is 0 Å². The molecule has 6 nitrogen and oxygen atoms in total. The largest absolute Gasteiger partial charge is 0.281 e. The number of hydrogen-bond acceptors (Lipinski definition) is 5. The maximum Gasteiger partial charge on any atom is 0.281 e. The van der Waals surface area contributed by atoms with Crippen molar-refractivity contribution in [1.82, 2.24) is 15.0 Å². The first-order chi connectivity index (χ1) is 10.1. The first-order valence-corrected chi connectivity index (χ1v) is 7.70. The number of rotatable bonds is 3. The normalized spacial score (nSPS) is 11.5. The van der Waals surface area contributed by atoms with Crippen LogP contribution >= 0.6 is 0 Å². The van der Waals surface area contributed by atoms with Crippen LogP contribution in [-0.4, -0.2) is 23.4 Å². The Hall–Kier alpha value is -2.54. The molecule has 106 valence electrons. The summed E-state index contributed by atoms with van der Waals surface area (Å²) >= 11 is 0. The number of hydrogen-bond donors (Lipinski definition) is 1. The predicted molar refractivity (Wildman–Crippen MR) is 79.3 cm³/mol. The molecule has 3 rings (SSSR count). The van der Waals surface area contributed by atoms with Gasteiger partial charge in [-0.05, 0) is 19.1 Å². The molecular formula is C14H12N4O2S. The van der Waals surface area contributed by atoms with Crippen LogP contribution < -0.4 is 4.72 Å². The first-order valence-electron chi connectivity index (χ1n) is 6.22. The summed E-state index contributed by atoms with van der Waals surface area (Å²) in [5.41, 5.74) is 1.35. The molecule has 0 aliphatic rings. The van der Waals surface area contributed by atoms with Gasteiger partial charge in [0.2, 0.25) is 0 Å². The van der Waals surface area contributed by atoms with Crippen molar-refractivity contribution in [2.75, 3.05) is 4.72 Å². The Kier molecular flexibility index (Phi) is 3.26. The average molecular weight is 300 g/mol. The quantitative estimate of drug-likeness (QED) is 0.801. The fraction of sp³-hybridized carbons (Fsp3) is 0.0714. The average Bonchev–Trinajstić information content (AvgIpc) is 2.47. The lowest BCUT2D eigenvalue weighted by Gasteiger charge is -2.10. The van der Waals surface area contributed by atoms with Crippen LogP contribution in [0.1, 0.15) is 5.69 Å². The smallest absolute Gasteiger partial charge is 0.276 e. The first kappa shape index (κ1) is 13.4. The summed E-state index contributed by atoms with van der Waals surface area (Å²) in [5, 5.41) is 0.770. The Bertz CT molecular complexity index is 904. The second-order valence-corrected chi connectivity index (χ2v) is 6.03. The Balaban J connectivity index is 2.08. The minimum Gasteiger partial charge on any atom is -0.276 e. The molecule has 0 amide bonds. The summed E-state index contributed by atoms with van der Waals surface area (Å²) in [6.45, 7) is 1.60. The molecule has 0 fully saturated rings. The third-order valence-corrected chi connectivity index (χ3v) is 4.37. The second-order valence-electron chi connectivity index (χ2n) is 4.43. The predicted octanol–water partition coefficient (Wildman–Crippen LogP) is 2.13. The van der Waals surface area contributed by atoms with Gasteiger partial charge in [0, 0.05) is 24.0 Å². The Morgan fingerprint density at radius 3 is 2.52 bits per heavy atom.